The summed E-state index contributed by atoms with van der Waals surface area (Å²) in [5, 5.41) is 13.2. The largest absolute Gasteiger partial charge is 0.391 e. The van der Waals surface area contributed by atoms with E-state index in [0.717, 1.165) is 19.3 Å². The van der Waals surface area contributed by atoms with Crippen LogP contribution in [0.25, 0.3) is 11.1 Å². The Balaban J connectivity index is 0.00000176. The van der Waals surface area contributed by atoms with Gasteiger partial charge in [-0.1, -0.05) is 54.6 Å². The molecule has 22 heavy (non-hydrogen) atoms. The van der Waals surface area contributed by atoms with Crippen LogP contribution in [0.2, 0.25) is 0 Å². The van der Waals surface area contributed by atoms with Crippen LogP contribution in [-0.2, 0) is 6.42 Å². The molecule has 2 N–H and O–H groups in total. The first-order valence-corrected chi connectivity index (χ1v) is 7.76. The third-order valence-electron chi connectivity index (χ3n) is 4.58. The summed E-state index contributed by atoms with van der Waals surface area (Å²) in [7, 11) is 1.94. The standard InChI is InChI=1S/C19H23NO.ClH/c1-20-18-12-15(13-19(18)21)11-14-7-9-17(10-8-14)16-5-3-2-4-6-16;/h2-10,15,18-21H,11-13H2,1H3;1H/t15-,18-,19-;/m1./s1. The lowest BCUT2D eigenvalue weighted by molar-refractivity contribution is 0.150. The molecule has 3 rings (SSSR count). The van der Waals surface area contributed by atoms with Crippen LogP contribution in [0.15, 0.2) is 54.6 Å². The van der Waals surface area contributed by atoms with Crippen molar-refractivity contribution in [1.29, 1.82) is 0 Å². The average Bonchev–Trinajstić information content (AvgIpc) is 2.88. The maximum absolute atomic E-state index is 9.97. The summed E-state index contributed by atoms with van der Waals surface area (Å²) in [5.74, 6) is 0.583. The summed E-state index contributed by atoms with van der Waals surface area (Å²) < 4.78 is 0. The van der Waals surface area contributed by atoms with Gasteiger partial charge in [-0.05, 0) is 48.9 Å². The van der Waals surface area contributed by atoms with Crippen molar-refractivity contribution in [2.75, 3.05) is 7.05 Å². The van der Waals surface area contributed by atoms with Gasteiger partial charge in [0.2, 0.25) is 0 Å². The zero-order valence-corrected chi connectivity index (χ0v) is 13.7. The maximum Gasteiger partial charge on any atom is 0.0695 e. The SMILES string of the molecule is CN[C@@H]1C[C@@H](Cc2ccc(-c3ccccc3)cc2)C[C@H]1O.Cl. The average molecular weight is 318 g/mol. The van der Waals surface area contributed by atoms with Crippen LogP contribution >= 0.6 is 12.4 Å². The van der Waals surface area contributed by atoms with Crippen molar-refractivity contribution < 1.29 is 5.11 Å². The summed E-state index contributed by atoms with van der Waals surface area (Å²) in [6, 6.07) is 19.6. The van der Waals surface area contributed by atoms with Gasteiger partial charge in [-0.3, -0.25) is 0 Å². The third-order valence-corrected chi connectivity index (χ3v) is 4.58. The Hall–Kier alpha value is -1.35. The highest BCUT2D eigenvalue weighted by molar-refractivity contribution is 5.85. The Bertz CT molecular complexity index is 570. The predicted octanol–water partition coefficient (Wildman–Crippen LogP) is 3.68. The van der Waals surface area contributed by atoms with Gasteiger partial charge in [0.25, 0.3) is 0 Å². The minimum absolute atomic E-state index is 0. The highest BCUT2D eigenvalue weighted by Crippen LogP contribution is 2.29. The molecule has 0 aliphatic heterocycles. The second kappa shape index (κ2) is 7.77. The molecule has 3 atom stereocenters. The van der Waals surface area contributed by atoms with Crippen molar-refractivity contribution in [2.24, 2.45) is 5.92 Å². The first-order chi connectivity index (χ1) is 10.3. The normalized spacial score (nSPS) is 24.0. The van der Waals surface area contributed by atoms with Gasteiger partial charge in [-0.25, -0.2) is 0 Å². The van der Waals surface area contributed by atoms with E-state index in [4.69, 9.17) is 0 Å². The van der Waals surface area contributed by atoms with E-state index in [1.807, 2.05) is 13.1 Å². The Labute approximate surface area is 139 Å². The lowest BCUT2D eigenvalue weighted by atomic mass is 9.96. The molecule has 0 saturated heterocycles. The number of aliphatic hydroxyl groups excluding tert-OH is 1. The minimum Gasteiger partial charge on any atom is -0.391 e. The van der Waals surface area contributed by atoms with Crippen LogP contribution in [0, 0.1) is 5.92 Å². The van der Waals surface area contributed by atoms with Crippen molar-refractivity contribution in [3.8, 4) is 11.1 Å². The lowest BCUT2D eigenvalue weighted by Crippen LogP contribution is -2.32. The van der Waals surface area contributed by atoms with E-state index in [0.29, 0.717) is 5.92 Å². The molecule has 1 aliphatic carbocycles. The van der Waals surface area contributed by atoms with Crippen molar-refractivity contribution in [1.82, 2.24) is 5.32 Å². The van der Waals surface area contributed by atoms with Gasteiger partial charge in [0.15, 0.2) is 0 Å². The molecule has 2 nitrogen and oxygen atoms in total. The van der Waals surface area contributed by atoms with Gasteiger partial charge >= 0.3 is 0 Å². The molecule has 0 amide bonds. The molecule has 0 spiro atoms. The molecular weight excluding hydrogens is 294 g/mol. The van der Waals surface area contributed by atoms with E-state index < -0.39 is 0 Å². The van der Waals surface area contributed by atoms with Gasteiger partial charge in [0, 0.05) is 6.04 Å². The number of aliphatic hydroxyl groups is 1. The first-order valence-electron chi connectivity index (χ1n) is 7.76. The van der Waals surface area contributed by atoms with E-state index in [2.05, 4.69) is 53.8 Å². The van der Waals surface area contributed by atoms with E-state index >= 15 is 0 Å². The Morgan fingerprint density at radius 1 is 0.955 bits per heavy atom. The van der Waals surface area contributed by atoms with E-state index in [9.17, 15) is 5.11 Å². The monoisotopic (exact) mass is 317 g/mol. The number of halogens is 1. The first kappa shape index (κ1) is 17.0. The summed E-state index contributed by atoms with van der Waals surface area (Å²) >= 11 is 0. The number of nitrogens with one attached hydrogen (secondary N) is 1. The summed E-state index contributed by atoms with van der Waals surface area (Å²) in [6.07, 6.45) is 2.84. The molecule has 0 bridgehead atoms. The van der Waals surface area contributed by atoms with Crippen molar-refractivity contribution >= 4 is 12.4 Å². The van der Waals surface area contributed by atoms with Crippen LogP contribution in [0.4, 0.5) is 0 Å². The van der Waals surface area contributed by atoms with Crippen molar-refractivity contribution in [2.45, 2.75) is 31.4 Å². The zero-order chi connectivity index (χ0) is 14.7. The van der Waals surface area contributed by atoms with Crippen molar-refractivity contribution in [3.63, 3.8) is 0 Å². The molecule has 118 valence electrons. The second-order valence-electron chi connectivity index (χ2n) is 6.07. The van der Waals surface area contributed by atoms with E-state index in [1.165, 1.54) is 16.7 Å². The molecule has 2 aromatic rings. The number of benzene rings is 2. The van der Waals surface area contributed by atoms with Gasteiger partial charge in [-0.15, -0.1) is 12.4 Å². The quantitative estimate of drug-likeness (QED) is 0.901. The molecular formula is C19H24ClNO. The second-order valence-corrected chi connectivity index (χ2v) is 6.07. The fraction of sp³-hybridized carbons (Fsp3) is 0.368. The molecule has 0 unspecified atom stereocenters. The number of rotatable bonds is 4. The molecule has 1 aliphatic rings. The molecule has 1 fully saturated rings. The molecule has 0 heterocycles. The molecule has 2 aromatic carbocycles. The van der Waals surface area contributed by atoms with Crippen LogP contribution < -0.4 is 5.32 Å². The summed E-state index contributed by atoms with van der Waals surface area (Å²) in [6.45, 7) is 0. The van der Waals surface area contributed by atoms with Crippen molar-refractivity contribution in [3.05, 3.63) is 60.2 Å². The maximum atomic E-state index is 9.97. The Kier molecular flexibility index (Phi) is 6.01. The highest BCUT2D eigenvalue weighted by atomic mass is 35.5. The fourth-order valence-corrected chi connectivity index (χ4v) is 3.39. The van der Waals surface area contributed by atoms with Gasteiger partial charge in [-0.2, -0.15) is 0 Å². The summed E-state index contributed by atoms with van der Waals surface area (Å²) in [5.41, 5.74) is 3.89. The number of likely N-dealkylation sites (N-methyl/N-ethyl adjacent to an activating group) is 1. The molecule has 0 aromatic heterocycles. The molecule has 1 saturated carbocycles. The van der Waals surface area contributed by atoms with E-state index in [1.54, 1.807) is 0 Å². The van der Waals surface area contributed by atoms with Gasteiger partial charge < -0.3 is 10.4 Å². The summed E-state index contributed by atoms with van der Waals surface area (Å²) in [4.78, 5) is 0. The van der Waals surface area contributed by atoms with Gasteiger partial charge in [0.1, 0.15) is 0 Å². The smallest absolute Gasteiger partial charge is 0.0695 e. The predicted molar refractivity (Wildman–Crippen MR) is 94.4 cm³/mol. The van der Waals surface area contributed by atoms with E-state index in [-0.39, 0.29) is 24.6 Å². The van der Waals surface area contributed by atoms with Crippen LogP contribution in [0.1, 0.15) is 18.4 Å². The molecule has 3 heteroatoms. The van der Waals surface area contributed by atoms with Crippen LogP contribution in [0.5, 0.6) is 0 Å². The highest BCUT2D eigenvalue weighted by Gasteiger charge is 2.31. The fourth-order valence-electron chi connectivity index (χ4n) is 3.39. The molecule has 0 radical (unpaired) electrons. The number of hydrogen-bond donors (Lipinski definition) is 2. The zero-order valence-electron chi connectivity index (χ0n) is 12.9. The van der Waals surface area contributed by atoms with Crippen LogP contribution in [-0.4, -0.2) is 24.3 Å². The third kappa shape index (κ3) is 3.89. The van der Waals surface area contributed by atoms with Crippen LogP contribution in [0.3, 0.4) is 0 Å². The Morgan fingerprint density at radius 3 is 2.18 bits per heavy atom. The van der Waals surface area contributed by atoms with Gasteiger partial charge in [0.05, 0.1) is 6.10 Å². The lowest BCUT2D eigenvalue weighted by Gasteiger charge is -2.12. The topological polar surface area (TPSA) is 32.3 Å². The Morgan fingerprint density at radius 2 is 1.59 bits per heavy atom. The minimum atomic E-state index is -0.191. The number of hydrogen-bond acceptors (Lipinski definition) is 2.